The molecule has 1 unspecified atom stereocenters. The van der Waals surface area contributed by atoms with Crippen LogP contribution in [0.25, 0.3) is 0 Å². The van der Waals surface area contributed by atoms with Gasteiger partial charge >= 0.3 is 12.0 Å². The molecule has 1 atom stereocenters. The Morgan fingerprint density at radius 2 is 2.05 bits per heavy atom. The molecule has 3 N–H and O–H groups in total. The molecule has 0 aromatic carbocycles. The van der Waals surface area contributed by atoms with Crippen molar-refractivity contribution in [3.05, 3.63) is 0 Å². The molecule has 0 bridgehead atoms. The first kappa shape index (κ1) is 15.4. The number of nitrogens with zero attached hydrogens (tertiary/aromatic N) is 1. The number of hydrogen-bond donors (Lipinski definition) is 3. The van der Waals surface area contributed by atoms with Crippen molar-refractivity contribution in [2.75, 3.05) is 26.2 Å². The van der Waals surface area contributed by atoms with Crippen LogP contribution in [-0.2, 0) is 9.59 Å². The summed E-state index contributed by atoms with van der Waals surface area (Å²) < 4.78 is 0. The van der Waals surface area contributed by atoms with Crippen molar-refractivity contribution in [3.8, 4) is 0 Å². The molecule has 0 radical (unpaired) electrons. The van der Waals surface area contributed by atoms with E-state index in [2.05, 4.69) is 10.6 Å². The van der Waals surface area contributed by atoms with E-state index in [1.807, 2.05) is 6.92 Å². The summed E-state index contributed by atoms with van der Waals surface area (Å²) >= 11 is 0. The highest BCUT2D eigenvalue weighted by Gasteiger charge is 2.40. The first-order chi connectivity index (χ1) is 8.87. The van der Waals surface area contributed by atoms with Crippen molar-refractivity contribution < 1.29 is 19.5 Å². The van der Waals surface area contributed by atoms with Gasteiger partial charge in [0.2, 0.25) is 5.91 Å². The van der Waals surface area contributed by atoms with Gasteiger partial charge in [-0.05, 0) is 26.3 Å². The topological polar surface area (TPSA) is 98.7 Å². The third kappa shape index (κ3) is 4.51. The number of aliphatic carboxylic acids is 1. The summed E-state index contributed by atoms with van der Waals surface area (Å²) in [5, 5.41) is 13.8. The van der Waals surface area contributed by atoms with Crippen LogP contribution in [0.3, 0.4) is 0 Å². The number of likely N-dealkylation sites (tertiary alicyclic amines) is 1. The van der Waals surface area contributed by atoms with Crippen LogP contribution < -0.4 is 10.6 Å². The van der Waals surface area contributed by atoms with Crippen LogP contribution in [-0.4, -0.2) is 54.1 Å². The van der Waals surface area contributed by atoms with E-state index >= 15 is 0 Å². The van der Waals surface area contributed by atoms with Gasteiger partial charge < -0.3 is 10.4 Å². The van der Waals surface area contributed by atoms with Crippen molar-refractivity contribution in [3.63, 3.8) is 0 Å². The molecule has 1 heterocycles. The second kappa shape index (κ2) is 6.51. The van der Waals surface area contributed by atoms with Crippen LogP contribution in [0.15, 0.2) is 0 Å². The van der Waals surface area contributed by atoms with Gasteiger partial charge in [0.1, 0.15) is 0 Å². The lowest BCUT2D eigenvalue weighted by Gasteiger charge is -2.19. The number of carboxylic acid groups (broad SMARTS) is 1. The van der Waals surface area contributed by atoms with Gasteiger partial charge in [-0.2, -0.15) is 0 Å². The standard InChI is InChI=1S/C12H21N3O4/c1-3-5-13-11(19)14-9(16)7-15-6-4-12(2,8-15)10(17)18/h3-8H2,1-2H3,(H,17,18)(H2,13,14,16,19). The molecular weight excluding hydrogens is 250 g/mol. The predicted molar refractivity (Wildman–Crippen MR) is 68.6 cm³/mol. The average molecular weight is 271 g/mol. The molecule has 7 heteroatoms. The van der Waals surface area contributed by atoms with Gasteiger partial charge in [0, 0.05) is 13.1 Å². The van der Waals surface area contributed by atoms with E-state index in [1.165, 1.54) is 0 Å². The summed E-state index contributed by atoms with van der Waals surface area (Å²) in [4.78, 5) is 35.7. The fourth-order valence-corrected chi connectivity index (χ4v) is 2.02. The van der Waals surface area contributed by atoms with Crippen molar-refractivity contribution in [1.29, 1.82) is 0 Å². The maximum atomic E-state index is 11.6. The third-order valence-corrected chi connectivity index (χ3v) is 3.22. The number of carbonyl (C=O) groups is 3. The Balaban J connectivity index is 2.35. The number of amides is 3. The van der Waals surface area contributed by atoms with Gasteiger partial charge in [-0.1, -0.05) is 6.92 Å². The molecule has 0 aromatic heterocycles. The average Bonchev–Trinajstić information content (AvgIpc) is 2.69. The molecule has 0 saturated carbocycles. The fourth-order valence-electron chi connectivity index (χ4n) is 2.02. The van der Waals surface area contributed by atoms with Crippen LogP contribution >= 0.6 is 0 Å². The third-order valence-electron chi connectivity index (χ3n) is 3.22. The highest BCUT2D eigenvalue weighted by Crippen LogP contribution is 2.29. The Bertz CT molecular complexity index is 372. The van der Waals surface area contributed by atoms with Crippen LogP contribution in [0.4, 0.5) is 4.79 Å². The summed E-state index contributed by atoms with van der Waals surface area (Å²) in [7, 11) is 0. The van der Waals surface area contributed by atoms with Crippen LogP contribution in [0, 0.1) is 5.41 Å². The van der Waals surface area contributed by atoms with Gasteiger partial charge in [0.25, 0.3) is 0 Å². The summed E-state index contributed by atoms with van der Waals surface area (Å²) in [6.45, 7) is 5.02. The highest BCUT2D eigenvalue weighted by molar-refractivity contribution is 5.95. The molecule has 3 amide bonds. The van der Waals surface area contributed by atoms with Gasteiger partial charge in [-0.15, -0.1) is 0 Å². The lowest BCUT2D eigenvalue weighted by atomic mass is 9.90. The number of carbonyl (C=O) groups excluding carboxylic acids is 2. The molecular formula is C12H21N3O4. The minimum atomic E-state index is -0.851. The summed E-state index contributed by atoms with van der Waals surface area (Å²) in [6.07, 6.45) is 1.31. The Morgan fingerprint density at radius 1 is 1.37 bits per heavy atom. The molecule has 108 valence electrons. The number of urea groups is 1. The predicted octanol–water partition coefficient (Wildman–Crippen LogP) is 0.0188. The number of rotatable bonds is 5. The van der Waals surface area contributed by atoms with Gasteiger partial charge in [-0.25, -0.2) is 4.79 Å². The van der Waals surface area contributed by atoms with Gasteiger partial charge in [-0.3, -0.25) is 19.8 Å². The summed E-state index contributed by atoms with van der Waals surface area (Å²) in [6, 6.07) is -0.507. The number of carboxylic acids is 1. The molecule has 1 rings (SSSR count). The SMILES string of the molecule is CCCNC(=O)NC(=O)CN1CCC(C)(C(=O)O)C1. The second-order valence-electron chi connectivity index (χ2n) is 5.13. The van der Waals surface area contributed by atoms with E-state index in [4.69, 9.17) is 5.11 Å². The summed E-state index contributed by atoms with van der Waals surface area (Å²) in [5.74, 6) is -1.26. The summed E-state index contributed by atoms with van der Waals surface area (Å²) in [5.41, 5.74) is -0.801. The van der Waals surface area contributed by atoms with Crippen molar-refractivity contribution in [2.45, 2.75) is 26.7 Å². The maximum Gasteiger partial charge on any atom is 0.321 e. The Morgan fingerprint density at radius 3 is 2.58 bits per heavy atom. The Labute approximate surface area is 112 Å². The van der Waals surface area contributed by atoms with Gasteiger partial charge in [0.15, 0.2) is 0 Å². The lowest BCUT2D eigenvalue weighted by Crippen LogP contribution is -2.44. The van der Waals surface area contributed by atoms with E-state index in [-0.39, 0.29) is 6.54 Å². The second-order valence-corrected chi connectivity index (χ2v) is 5.13. The van der Waals surface area contributed by atoms with Crippen LogP contribution in [0.5, 0.6) is 0 Å². The number of imide groups is 1. The van der Waals surface area contributed by atoms with Crippen LogP contribution in [0.2, 0.25) is 0 Å². The van der Waals surface area contributed by atoms with Crippen molar-refractivity contribution >= 4 is 17.9 Å². The van der Waals surface area contributed by atoms with E-state index in [1.54, 1.807) is 11.8 Å². The largest absolute Gasteiger partial charge is 0.481 e. The zero-order valence-electron chi connectivity index (χ0n) is 11.4. The Hall–Kier alpha value is -1.63. The quantitative estimate of drug-likeness (QED) is 0.654. The van der Waals surface area contributed by atoms with E-state index < -0.39 is 23.3 Å². The Kier molecular flexibility index (Phi) is 5.29. The molecule has 1 aliphatic rings. The minimum Gasteiger partial charge on any atom is -0.481 e. The van der Waals surface area contributed by atoms with Crippen LogP contribution in [0.1, 0.15) is 26.7 Å². The molecule has 19 heavy (non-hydrogen) atoms. The number of nitrogens with one attached hydrogen (secondary N) is 2. The minimum absolute atomic E-state index is 0.0441. The number of hydrogen-bond acceptors (Lipinski definition) is 4. The normalized spacial score (nSPS) is 23.1. The fraction of sp³-hybridized carbons (Fsp3) is 0.750. The zero-order valence-corrected chi connectivity index (χ0v) is 11.4. The first-order valence-corrected chi connectivity index (χ1v) is 6.41. The van der Waals surface area contributed by atoms with E-state index in [0.717, 1.165) is 6.42 Å². The lowest BCUT2D eigenvalue weighted by molar-refractivity contribution is -0.147. The molecule has 1 saturated heterocycles. The van der Waals surface area contributed by atoms with Crippen molar-refractivity contribution in [2.24, 2.45) is 5.41 Å². The molecule has 7 nitrogen and oxygen atoms in total. The first-order valence-electron chi connectivity index (χ1n) is 6.41. The van der Waals surface area contributed by atoms with E-state index in [9.17, 15) is 14.4 Å². The highest BCUT2D eigenvalue weighted by atomic mass is 16.4. The molecule has 0 spiro atoms. The molecule has 1 fully saturated rings. The van der Waals surface area contributed by atoms with Gasteiger partial charge in [0.05, 0.1) is 12.0 Å². The smallest absolute Gasteiger partial charge is 0.321 e. The maximum absolute atomic E-state index is 11.6. The van der Waals surface area contributed by atoms with E-state index in [0.29, 0.717) is 26.1 Å². The monoisotopic (exact) mass is 271 g/mol. The molecule has 0 aliphatic carbocycles. The van der Waals surface area contributed by atoms with Crippen molar-refractivity contribution in [1.82, 2.24) is 15.5 Å². The molecule has 0 aromatic rings. The molecule has 1 aliphatic heterocycles. The zero-order chi connectivity index (χ0) is 14.5.